The van der Waals surface area contributed by atoms with Crippen molar-refractivity contribution >= 4 is 0 Å². The fourth-order valence-electron chi connectivity index (χ4n) is 1.81. The van der Waals surface area contributed by atoms with E-state index in [2.05, 4.69) is 17.5 Å². The first-order chi connectivity index (χ1) is 9.26. The molecule has 4 nitrogen and oxygen atoms in total. The summed E-state index contributed by atoms with van der Waals surface area (Å²) in [5.74, 6) is 2.20. The summed E-state index contributed by atoms with van der Waals surface area (Å²) >= 11 is 0. The van der Waals surface area contributed by atoms with E-state index < -0.39 is 0 Å². The van der Waals surface area contributed by atoms with E-state index in [-0.39, 0.29) is 0 Å². The van der Waals surface area contributed by atoms with Crippen LogP contribution in [0.5, 0.6) is 17.2 Å². The number of allylic oxidation sites excluding steroid dienone is 1. The lowest BCUT2D eigenvalue weighted by atomic mass is 10.1. The van der Waals surface area contributed by atoms with Gasteiger partial charge in [0.15, 0.2) is 11.5 Å². The Kier molecular flexibility index (Phi) is 6.82. The average Bonchev–Trinajstić information content (AvgIpc) is 2.46. The summed E-state index contributed by atoms with van der Waals surface area (Å²) in [5.41, 5.74) is 1.06. The zero-order valence-corrected chi connectivity index (χ0v) is 12.2. The Labute approximate surface area is 115 Å². The molecule has 0 radical (unpaired) electrons. The van der Waals surface area contributed by atoms with Gasteiger partial charge in [0.2, 0.25) is 0 Å². The molecule has 1 aromatic rings. The molecule has 106 valence electrons. The van der Waals surface area contributed by atoms with Gasteiger partial charge < -0.3 is 19.5 Å². The van der Waals surface area contributed by atoms with Crippen molar-refractivity contribution < 1.29 is 14.2 Å². The normalized spacial score (nSPS) is 10.7. The van der Waals surface area contributed by atoms with Crippen molar-refractivity contribution in [2.24, 2.45) is 0 Å². The van der Waals surface area contributed by atoms with Gasteiger partial charge in [-0.2, -0.15) is 0 Å². The minimum atomic E-state index is 0.678. The Hall–Kier alpha value is -1.68. The molecular weight excluding hydrogens is 242 g/mol. The van der Waals surface area contributed by atoms with Gasteiger partial charge in [0.05, 0.1) is 21.3 Å². The summed E-state index contributed by atoms with van der Waals surface area (Å²) in [6, 6.07) is 3.79. The van der Waals surface area contributed by atoms with Crippen molar-refractivity contribution in [3.63, 3.8) is 0 Å². The van der Waals surface area contributed by atoms with Crippen LogP contribution in [0.4, 0.5) is 0 Å². The van der Waals surface area contributed by atoms with Crippen molar-refractivity contribution in [1.29, 1.82) is 0 Å². The molecule has 0 unspecified atom stereocenters. The van der Waals surface area contributed by atoms with Crippen LogP contribution in [0.1, 0.15) is 18.9 Å². The molecule has 0 spiro atoms. The maximum Gasteiger partial charge on any atom is 0.164 e. The molecule has 4 heteroatoms. The van der Waals surface area contributed by atoms with E-state index in [1.165, 1.54) is 0 Å². The van der Waals surface area contributed by atoms with Crippen LogP contribution in [0.3, 0.4) is 0 Å². The van der Waals surface area contributed by atoms with Gasteiger partial charge in [-0.15, -0.1) is 0 Å². The molecule has 0 aliphatic carbocycles. The number of hydrogen-bond donors (Lipinski definition) is 1. The van der Waals surface area contributed by atoms with Gasteiger partial charge in [-0.05, 0) is 26.0 Å². The van der Waals surface area contributed by atoms with Crippen LogP contribution in [0.25, 0.3) is 0 Å². The molecule has 0 amide bonds. The lowest BCUT2D eigenvalue weighted by Gasteiger charge is -2.14. The highest BCUT2D eigenvalue weighted by molar-refractivity contribution is 5.50. The zero-order valence-electron chi connectivity index (χ0n) is 12.2. The highest BCUT2D eigenvalue weighted by Gasteiger charge is 2.11. The first-order valence-corrected chi connectivity index (χ1v) is 6.37. The van der Waals surface area contributed by atoms with E-state index in [0.29, 0.717) is 11.5 Å². The second kappa shape index (κ2) is 8.43. The van der Waals surface area contributed by atoms with Crippen molar-refractivity contribution in [3.05, 3.63) is 29.8 Å². The number of nitrogens with one attached hydrogen (secondary N) is 1. The third-order valence-corrected chi connectivity index (χ3v) is 2.83. The monoisotopic (exact) mass is 265 g/mol. The Morgan fingerprint density at radius 1 is 1.00 bits per heavy atom. The fourth-order valence-corrected chi connectivity index (χ4v) is 1.81. The zero-order chi connectivity index (χ0) is 14.1. The highest BCUT2D eigenvalue weighted by Crippen LogP contribution is 2.34. The summed E-state index contributed by atoms with van der Waals surface area (Å²) in [4.78, 5) is 0. The molecule has 0 aliphatic rings. The quantitative estimate of drug-likeness (QED) is 0.579. The molecule has 1 N–H and O–H groups in total. The lowest BCUT2D eigenvalue weighted by Crippen LogP contribution is -2.15. The minimum absolute atomic E-state index is 0.678. The van der Waals surface area contributed by atoms with Gasteiger partial charge in [0.1, 0.15) is 5.75 Å². The highest BCUT2D eigenvalue weighted by atomic mass is 16.5. The van der Waals surface area contributed by atoms with Crippen molar-refractivity contribution in [1.82, 2.24) is 5.32 Å². The second-order valence-electron chi connectivity index (χ2n) is 4.05. The maximum atomic E-state index is 5.38. The van der Waals surface area contributed by atoms with Crippen LogP contribution in [-0.4, -0.2) is 27.9 Å². The smallest absolute Gasteiger partial charge is 0.164 e. The molecule has 0 fully saturated rings. The minimum Gasteiger partial charge on any atom is -0.496 e. The van der Waals surface area contributed by atoms with Gasteiger partial charge in [0.25, 0.3) is 0 Å². The maximum absolute atomic E-state index is 5.38. The van der Waals surface area contributed by atoms with Gasteiger partial charge in [0, 0.05) is 18.2 Å². The molecular formula is C15H23NO3. The topological polar surface area (TPSA) is 39.7 Å². The van der Waals surface area contributed by atoms with Gasteiger partial charge in [-0.3, -0.25) is 0 Å². The Morgan fingerprint density at radius 2 is 1.63 bits per heavy atom. The molecule has 0 heterocycles. The summed E-state index contributed by atoms with van der Waals surface area (Å²) in [6.45, 7) is 3.69. The summed E-state index contributed by atoms with van der Waals surface area (Å²) in [7, 11) is 4.91. The van der Waals surface area contributed by atoms with E-state index in [9.17, 15) is 0 Å². The summed E-state index contributed by atoms with van der Waals surface area (Å²) in [5, 5.41) is 3.37. The molecule has 0 aliphatic heterocycles. The van der Waals surface area contributed by atoms with Crippen LogP contribution in [0, 0.1) is 0 Å². The van der Waals surface area contributed by atoms with Gasteiger partial charge >= 0.3 is 0 Å². The van der Waals surface area contributed by atoms with Gasteiger partial charge in [-0.1, -0.05) is 12.2 Å². The van der Waals surface area contributed by atoms with E-state index >= 15 is 0 Å². The van der Waals surface area contributed by atoms with E-state index in [4.69, 9.17) is 14.2 Å². The Morgan fingerprint density at radius 3 is 2.21 bits per heavy atom. The first kappa shape index (κ1) is 15.4. The van der Waals surface area contributed by atoms with Crippen LogP contribution in [-0.2, 0) is 6.54 Å². The molecule has 0 saturated carbocycles. The third-order valence-electron chi connectivity index (χ3n) is 2.83. The standard InChI is InChI=1S/C15H23NO3/c1-5-6-7-8-16-11-12-9-14(18-3)15(19-4)10-13(12)17-2/h5-6,9-10,16H,7-8,11H2,1-4H3/b6-5+. The molecule has 0 saturated heterocycles. The molecule has 0 bridgehead atoms. The Bertz CT molecular complexity index is 416. The molecule has 19 heavy (non-hydrogen) atoms. The lowest BCUT2D eigenvalue weighted by molar-refractivity contribution is 0.347. The number of benzene rings is 1. The average molecular weight is 265 g/mol. The third kappa shape index (κ3) is 4.48. The summed E-state index contributed by atoms with van der Waals surface area (Å²) in [6.07, 6.45) is 5.21. The van der Waals surface area contributed by atoms with Crippen LogP contribution >= 0.6 is 0 Å². The molecule has 0 atom stereocenters. The fraction of sp³-hybridized carbons (Fsp3) is 0.467. The predicted molar refractivity (Wildman–Crippen MR) is 77.2 cm³/mol. The van der Waals surface area contributed by atoms with Gasteiger partial charge in [-0.25, -0.2) is 0 Å². The number of rotatable bonds is 8. The largest absolute Gasteiger partial charge is 0.496 e. The van der Waals surface area contributed by atoms with Crippen LogP contribution in [0.2, 0.25) is 0 Å². The van der Waals surface area contributed by atoms with E-state index in [1.54, 1.807) is 21.3 Å². The van der Waals surface area contributed by atoms with Crippen molar-refractivity contribution in [2.45, 2.75) is 19.9 Å². The van der Waals surface area contributed by atoms with E-state index in [0.717, 1.165) is 30.8 Å². The number of methoxy groups -OCH3 is 3. The molecule has 1 rings (SSSR count). The van der Waals surface area contributed by atoms with Crippen molar-refractivity contribution in [3.8, 4) is 17.2 Å². The first-order valence-electron chi connectivity index (χ1n) is 6.37. The number of ether oxygens (including phenoxy) is 3. The Balaban J connectivity index is 2.75. The molecule has 0 aromatic heterocycles. The van der Waals surface area contributed by atoms with Crippen LogP contribution in [0.15, 0.2) is 24.3 Å². The second-order valence-corrected chi connectivity index (χ2v) is 4.05. The van der Waals surface area contributed by atoms with E-state index in [1.807, 2.05) is 19.1 Å². The SMILES string of the molecule is C/C=C/CCNCc1cc(OC)c(OC)cc1OC. The molecule has 1 aromatic carbocycles. The predicted octanol–water partition coefficient (Wildman–Crippen LogP) is 2.77. The number of hydrogen-bond acceptors (Lipinski definition) is 4. The van der Waals surface area contributed by atoms with Crippen molar-refractivity contribution in [2.75, 3.05) is 27.9 Å². The summed E-state index contributed by atoms with van der Waals surface area (Å²) < 4.78 is 15.9. The van der Waals surface area contributed by atoms with Crippen LogP contribution < -0.4 is 19.5 Å².